The van der Waals surface area contributed by atoms with Crippen LogP contribution in [0.3, 0.4) is 0 Å². The number of amides is 1. The highest BCUT2D eigenvalue weighted by Gasteiger charge is 2.20. The normalized spacial score (nSPS) is 11.0. The van der Waals surface area contributed by atoms with Crippen LogP contribution in [0.15, 0.2) is 28.4 Å². The third-order valence-electron chi connectivity index (χ3n) is 4.04. The number of rotatable bonds is 7. The first-order chi connectivity index (χ1) is 13.8. The standard InChI is InChI=1S/C18H15Cl2N3O5S/c1-28-5-4-13-22-16-15(10(8-29-16)18(26)27)17(25)23(13)7-14(24)21-9-2-3-11(19)12(20)6-9/h2-3,6,8H,4-5,7H2,1H3,(H,21,24)(H,26,27). The van der Waals surface area contributed by atoms with Crippen molar-refractivity contribution in [2.24, 2.45) is 0 Å². The Morgan fingerprint density at radius 3 is 2.72 bits per heavy atom. The molecule has 0 aliphatic heterocycles. The molecule has 0 unspecified atom stereocenters. The number of thiophene rings is 1. The highest BCUT2D eigenvalue weighted by molar-refractivity contribution is 7.17. The average Bonchev–Trinajstić information content (AvgIpc) is 3.10. The van der Waals surface area contributed by atoms with Gasteiger partial charge in [0, 0.05) is 24.6 Å². The molecule has 2 heterocycles. The maximum atomic E-state index is 13.0. The van der Waals surface area contributed by atoms with Crippen LogP contribution in [0, 0.1) is 0 Å². The van der Waals surface area contributed by atoms with Gasteiger partial charge in [-0.2, -0.15) is 0 Å². The number of ether oxygens (including phenoxy) is 1. The van der Waals surface area contributed by atoms with Gasteiger partial charge < -0.3 is 15.2 Å². The number of carbonyl (C=O) groups is 2. The van der Waals surface area contributed by atoms with E-state index in [0.717, 1.165) is 15.9 Å². The van der Waals surface area contributed by atoms with Crippen LogP contribution in [0.2, 0.25) is 10.0 Å². The fourth-order valence-electron chi connectivity index (χ4n) is 2.69. The summed E-state index contributed by atoms with van der Waals surface area (Å²) in [6.07, 6.45) is 0.280. The summed E-state index contributed by atoms with van der Waals surface area (Å²) in [5, 5.41) is 13.9. The summed E-state index contributed by atoms with van der Waals surface area (Å²) >= 11 is 12.9. The first-order valence-electron chi connectivity index (χ1n) is 8.30. The predicted octanol–water partition coefficient (Wildman–Crippen LogP) is 3.29. The molecule has 0 saturated heterocycles. The van der Waals surface area contributed by atoms with Crippen LogP contribution in [0.25, 0.3) is 10.2 Å². The summed E-state index contributed by atoms with van der Waals surface area (Å²) < 4.78 is 6.21. The summed E-state index contributed by atoms with van der Waals surface area (Å²) in [6.45, 7) is -0.0699. The summed E-state index contributed by atoms with van der Waals surface area (Å²) in [4.78, 5) is 41.6. The van der Waals surface area contributed by atoms with Gasteiger partial charge >= 0.3 is 5.97 Å². The topological polar surface area (TPSA) is 111 Å². The minimum Gasteiger partial charge on any atom is -0.478 e. The van der Waals surface area contributed by atoms with Gasteiger partial charge in [0.05, 0.1) is 27.6 Å². The van der Waals surface area contributed by atoms with Gasteiger partial charge in [-0.15, -0.1) is 11.3 Å². The third kappa shape index (κ3) is 4.59. The summed E-state index contributed by atoms with van der Waals surface area (Å²) in [6, 6.07) is 4.59. The Bertz CT molecular complexity index is 1160. The second-order valence-electron chi connectivity index (χ2n) is 5.97. The van der Waals surface area contributed by atoms with Crippen molar-refractivity contribution >= 4 is 62.3 Å². The first-order valence-corrected chi connectivity index (χ1v) is 9.93. The largest absolute Gasteiger partial charge is 0.478 e. The van der Waals surface area contributed by atoms with Crippen LogP contribution in [0.1, 0.15) is 16.2 Å². The smallest absolute Gasteiger partial charge is 0.337 e. The minimum atomic E-state index is -1.23. The quantitative estimate of drug-likeness (QED) is 0.565. The van der Waals surface area contributed by atoms with E-state index in [9.17, 15) is 19.5 Å². The first kappa shape index (κ1) is 21.3. The van der Waals surface area contributed by atoms with Gasteiger partial charge in [-0.1, -0.05) is 23.2 Å². The SMILES string of the molecule is COCCc1nc2scc(C(=O)O)c2c(=O)n1CC(=O)Nc1ccc(Cl)c(Cl)c1. The van der Waals surface area contributed by atoms with Gasteiger partial charge in [0.1, 0.15) is 17.2 Å². The van der Waals surface area contributed by atoms with Crippen LogP contribution in [-0.4, -0.2) is 40.3 Å². The molecule has 0 fully saturated rings. The van der Waals surface area contributed by atoms with E-state index in [0.29, 0.717) is 21.4 Å². The number of methoxy groups -OCH3 is 1. The van der Waals surface area contributed by atoms with E-state index in [2.05, 4.69) is 10.3 Å². The van der Waals surface area contributed by atoms with Crippen molar-refractivity contribution in [2.75, 3.05) is 19.0 Å². The minimum absolute atomic E-state index is 0.0222. The highest BCUT2D eigenvalue weighted by atomic mass is 35.5. The van der Waals surface area contributed by atoms with Crippen molar-refractivity contribution < 1.29 is 19.4 Å². The Hall–Kier alpha value is -2.46. The molecule has 3 aromatic rings. The lowest BCUT2D eigenvalue weighted by molar-refractivity contribution is -0.116. The maximum absolute atomic E-state index is 13.0. The molecule has 1 amide bonds. The number of anilines is 1. The monoisotopic (exact) mass is 455 g/mol. The van der Waals surface area contributed by atoms with Gasteiger partial charge in [0.2, 0.25) is 5.91 Å². The van der Waals surface area contributed by atoms with Gasteiger partial charge in [-0.25, -0.2) is 9.78 Å². The Morgan fingerprint density at radius 1 is 1.31 bits per heavy atom. The zero-order chi connectivity index (χ0) is 21.1. The Balaban J connectivity index is 1.98. The Kier molecular flexibility index (Phi) is 6.53. The number of fused-ring (bicyclic) bond motifs is 1. The summed E-state index contributed by atoms with van der Waals surface area (Å²) in [5.74, 6) is -1.41. The van der Waals surface area contributed by atoms with Crippen LogP contribution >= 0.6 is 34.5 Å². The van der Waals surface area contributed by atoms with Crippen molar-refractivity contribution in [3.8, 4) is 0 Å². The number of hydrogen-bond donors (Lipinski definition) is 2. The number of nitrogens with zero attached hydrogens (tertiary/aromatic N) is 2. The zero-order valence-electron chi connectivity index (χ0n) is 15.1. The van der Waals surface area contributed by atoms with Crippen LogP contribution < -0.4 is 10.9 Å². The predicted molar refractivity (Wildman–Crippen MR) is 112 cm³/mol. The van der Waals surface area contributed by atoms with Gasteiger partial charge in [0.15, 0.2) is 0 Å². The van der Waals surface area contributed by atoms with Crippen molar-refractivity contribution in [3.05, 3.63) is 55.4 Å². The lowest BCUT2D eigenvalue weighted by Crippen LogP contribution is -2.32. The molecule has 0 spiro atoms. The fraction of sp³-hybridized carbons (Fsp3) is 0.222. The molecule has 11 heteroatoms. The zero-order valence-corrected chi connectivity index (χ0v) is 17.4. The van der Waals surface area contributed by atoms with E-state index >= 15 is 0 Å². The Labute approximate surface area is 178 Å². The molecular weight excluding hydrogens is 441 g/mol. The number of carboxylic acid groups (broad SMARTS) is 1. The van der Waals surface area contributed by atoms with E-state index in [4.69, 9.17) is 27.9 Å². The van der Waals surface area contributed by atoms with E-state index in [-0.39, 0.29) is 35.5 Å². The molecule has 152 valence electrons. The molecule has 0 atom stereocenters. The molecule has 1 aromatic carbocycles. The molecule has 0 bridgehead atoms. The fourth-order valence-corrected chi connectivity index (χ4v) is 3.91. The summed E-state index contributed by atoms with van der Waals surface area (Å²) in [7, 11) is 1.51. The number of benzene rings is 1. The van der Waals surface area contributed by atoms with Crippen molar-refractivity contribution in [1.82, 2.24) is 9.55 Å². The highest BCUT2D eigenvalue weighted by Crippen LogP contribution is 2.25. The number of halogens is 2. The van der Waals surface area contributed by atoms with Crippen molar-refractivity contribution in [2.45, 2.75) is 13.0 Å². The van der Waals surface area contributed by atoms with Crippen LogP contribution in [0.4, 0.5) is 5.69 Å². The second kappa shape index (κ2) is 8.91. The molecule has 8 nitrogen and oxygen atoms in total. The number of aromatic nitrogens is 2. The summed E-state index contributed by atoms with van der Waals surface area (Å²) in [5.41, 5.74) is -0.324. The van der Waals surface area contributed by atoms with Crippen molar-refractivity contribution in [1.29, 1.82) is 0 Å². The van der Waals surface area contributed by atoms with E-state index in [1.807, 2.05) is 0 Å². The molecule has 2 N–H and O–H groups in total. The van der Waals surface area contributed by atoms with Gasteiger partial charge in [0.25, 0.3) is 5.56 Å². The molecule has 29 heavy (non-hydrogen) atoms. The van der Waals surface area contributed by atoms with E-state index < -0.39 is 17.4 Å². The number of carbonyl (C=O) groups excluding carboxylic acids is 1. The van der Waals surface area contributed by atoms with Gasteiger partial charge in [-0.05, 0) is 18.2 Å². The third-order valence-corrected chi connectivity index (χ3v) is 5.65. The van der Waals surface area contributed by atoms with E-state index in [1.54, 1.807) is 6.07 Å². The molecule has 2 aromatic heterocycles. The van der Waals surface area contributed by atoms with Crippen LogP contribution in [-0.2, 0) is 22.5 Å². The molecular formula is C18H15Cl2N3O5S. The molecule has 3 rings (SSSR count). The molecule has 0 aliphatic carbocycles. The van der Waals surface area contributed by atoms with Gasteiger partial charge in [-0.3, -0.25) is 14.2 Å². The maximum Gasteiger partial charge on any atom is 0.337 e. The second-order valence-corrected chi connectivity index (χ2v) is 7.65. The Morgan fingerprint density at radius 2 is 2.07 bits per heavy atom. The number of aromatic carboxylic acids is 1. The lowest BCUT2D eigenvalue weighted by Gasteiger charge is -2.13. The molecule has 0 aliphatic rings. The van der Waals surface area contributed by atoms with E-state index in [1.165, 1.54) is 24.6 Å². The average molecular weight is 456 g/mol. The van der Waals surface area contributed by atoms with Crippen molar-refractivity contribution in [3.63, 3.8) is 0 Å². The number of hydrogen-bond acceptors (Lipinski definition) is 6. The molecule has 0 radical (unpaired) electrons. The lowest BCUT2D eigenvalue weighted by atomic mass is 10.2. The number of carboxylic acids is 1. The molecule has 0 saturated carbocycles. The number of nitrogens with one attached hydrogen (secondary N) is 1. The van der Waals surface area contributed by atoms with Crippen LogP contribution in [0.5, 0.6) is 0 Å².